The van der Waals surface area contributed by atoms with Crippen molar-refractivity contribution in [2.45, 2.75) is 24.8 Å². The lowest BCUT2D eigenvalue weighted by Crippen LogP contribution is -2.34. The van der Waals surface area contributed by atoms with Gasteiger partial charge in [-0.05, 0) is 25.3 Å². The number of esters is 1. The van der Waals surface area contributed by atoms with Gasteiger partial charge in [-0.15, -0.1) is 11.3 Å². The molecule has 0 aromatic carbocycles. The average Bonchev–Trinajstić information content (AvgIpc) is 2.85. The van der Waals surface area contributed by atoms with E-state index in [1.165, 1.54) is 11.4 Å². The Morgan fingerprint density at radius 3 is 2.60 bits per heavy atom. The number of carbonyl (C=O) groups is 2. The molecule has 9 heteroatoms. The van der Waals surface area contributed by atoms with Crippen LogP contribution in [0.1, 0.15) is 23.5 Å². The molecule has 0 aliphatic rings. The fourth-order valence-corrected chi connectivity index (χ4v) is 3.53. The third-order valence-electron chi connectivity index (χ3n) is 2.09. The molecule has 1 rings (SSSR count). The first kappa shape index (κ1) is 16.6. The Bertz CT molecular complexity index is 590. The predicted octanol–water partition coefficient (Wildman–Crippen LogP) is 0.765. The number of nitrogens with one attached hydrogen (secondary N) is 1. The summed E-state index contributed by atoms with van der Waals surface area (Å²) in [5.41, 5.74) is 0. The Labute approximate surface area is 120 Å². The Morgan fingerprint density at radius 2 is 2.05 bits per heavy atom. The Kier molecular flexibility index (Phi) is 5.66. The SMILES string of the molecule is COC(=O)c1sccc1S(=O)(=O)NC(=O)COC(C)C. The van der Waals surface area contributed by atoms with Crippen LogP contribution in [-0.4, -0.2) is 40.1 Å². The van der Waals surface area contributed by atoms with E-state index in [1.807, 2.05) is 4.72 Å². The van der Waals surface area contributed by atoms with Gasteiger partial charge in [-0.3, -0.25) is 4.79 Å². The zero-order valence-electron chi connectivity index (χ0n) is 11.2. The first-order chi connectivity index (χ1) is 9.27. The first-order valence-electron chi connectivity index (χ1n) is 5.61. The maximum atomic E-state index is 12.0. The fourth-order valence-electron chi connectivity index (χ4n) is 1.23. The van der Waals surface area contributed by atoms with Gasteiger partial charge in [0.2, 0.25) is 0 Å². The predicted molar refractivity (Wildman–Crippen MR) is 72.1 cm³/mol. The van der Waals surface area contributed by atoms with Gasteiger partial charge in [-0.2, -0.15) is 0 Å². The van der Waals surface area contributed by atoms with Crippen molar-refractivity contribution in [2.75, 3.05) is 13.7 Å². The van der Waals surface area contributed by atoms with Gasteiger partial charge in [0.15, 0.2) is 0 Å². The summed E-state index contributed by atoms with van der Waals surface area (Å²) >= 11 is 0.918. The van der Waals surface area contributed by atoms with E-state index in [0.717, 1.165) is 18.4 Å². The lowest BCUT2D eigenvalue weighted by atomic mass is 10.5. The molecule has 1 aromatic rings. The third-order valence-corrected chi connectivity index (χ3v) is 4.52. The van der Waals surface area contributed by atoms with Gasteiger partial charge in [0.1, 0.15) is 16.4 Å². The van der Waals surface area contributed by atoms with Crippen molar-refractivity contribution in [3.8, 4) is 0 Å². The molecule has 1 aromatic heterocycles. The van der Waals surface area contributed by atoms with E-state index in [0.29, 0.717) is 0 Å². The fraction of sp³-hybridized carbons (Fsp3) is 0.455. The van der Waals surface area contributed by atoms with Crippen LogP contribution in [0.15, 0.2) is 16.3 Å². The van der Waals surface area contributed by atoms with Crippen LogP contribution in [0.25, 0.3) is 0 Å². The minimum Gasteiger partial charge on any atom is -0.465 e. The van der Waals surface area contributed by atoms with Gasteiger partial charge in [-0.25, -0.2) is 17.9 Å². The molecule has 0 aliphatic carbocycles. The van der Waals surface area contributed by atoms with Crippen molar-refractivity contribution in [3.05, 3.63) is 16.3 Å². The molecule has 0 unspecified atom stereocenters. The zero-order chi connectivity index (χ0) is 15.3. The van der Waals surface area contributed by atoms with Crippen molar-refractivity contribution in [1.29, 1.82) is 0 Å². The minimum atomic E-state index is -4.12. The number of amides is 1. The molecular formula is C11H15NO6S2. The average molecular weight is 321 g/mol. The van der Waals surface area contributed by atoms with Crippen molar-refractivity contribution in [2.24, 2.45) is 0 Å². The molecule has 1 N–H and O–H groups in total. The van der Waals surface area contributed by atoms with Crippen molar-refractivity contribution >= 4 is 33.2 Å². The molecule has 0 aliphatic heterocycles. The lowest BCUT2D eigenvalue weighted by Gasteiger charge is -2.09. The zero-order valence-corrected chi connectivity index (χ0v) is 12.8. The Morgan fingerprint density at radius 1 is 1.40 bits per heavy atom. The summed E-state index contributed by atoms with van der Waals surface area (Å²) in [6.07, 6.45) is -0.199. The monoisotopic (exact) mass is 321 g/mol. The summed E-state index contributed by atoms with van der Waals surface area (Å²) in [6, 6.07) is 1.23. The molecule has 20 heavy (non-hydrogen) atoms. The van der Waals surface area contributed by atoms with Crippen LogP contribution in [0.5, 0.6) is 0 Å². The van der Waals surface area contributed by atoms with Gasteiger partial charge in [0.05, 0.1) is 13.2 Å². The standard InChI is InChI=1S/C11H15NO6S2/c1-7(2)18-6-9(13)12-20(15,16)8-4-5-19-10(8)11(14)17-3/h4-5,7H,6H2,1-3H3,(H,12,13). The summed E-state index contributed by atoms with van der Waals surface area (Å²) in [5.74, 6) is -1.58. The molecular weight excluding hydrogens is 306 g/mol. The van der Waals surface area contributed by atoms with Crippen molar-refractivity contribution in [3.63, 3.8) is 0 Å². The van der Waals surface area contributed by atoms with Gasteiger partial charge >= 0.3 is 5.97 Å². The molecule has 0 bridgehead atoms. The van der Waals surface area contributed by atoms with Crippen LogP contribution < -0.4 is 4.72 Å². The molecule has 0 saturated carbocycles. The van der Waals surface area contributed by atoms with Crippen LogP contribution in [0.2, 0.25) is 0 Å². The maximum absolute atomic E-state index is 12.0. The van der Waals surface area contributed by atoms with E-state index in [4.69, 9.17) is 4.74 Å². The second-order valence-electron chi connectivity index (χ2n) is 3.99. The highest BCUT2D eigenvalue weighted by atomic mass is 32.2. The van der Waals surface area contributed by atoms with Crippen LogP contribution in [0.4, 0.5) is 0 Å². The molecule has 0 spiro atoms. The van der Waals surface area contributed by atoms with E-state index in [2.05, 4.69) is 4.74 Å². The number of hydrogen-bond donors (Lipinski definition) is 1. The van der Waals surface area contributed by atoms with E-state index in [1.54, 1.807) is 13.8 Å². The molecule has 0 radical (unpaired) electrons. The highest BCUT2D eigenvalue weighted by molar-refractivity contribution is 7.90. The maximum Gasteiger partial charge on any atom is 0.349 e. The van der Waals surface area contributed by atoms with Gasteiger partial charge < -0.3 is 9.47 Å². The number of ether oxygens (including phenoxy) is 2. The van der Waals surface area contributed by atoms with Crippen molar-refractivity contribution < 1.29 is 27.5 Å². The molecule has 1 amide bonds. The lowest BCUT2D eigenvalue weighted by molar-refractivity contribution is -0.125. The molecule has 1 heterocycles. The second-order valence-corrected chi connectivity index (χ2v) is 6.56. The number of rotatable bonds is 6. The van der Waals surface area contributed by atoms with Crippen LogP contribution >= 0.6 is 11.3 Å². The highest BCUT2D eigenvalue weighted by Crippen LogP contribution is 2.22. The summed E-state index contributed by atoms with van der Waals surface area (Å²) in [4.78, 5) is 22.5. The smallest absolute Gasteiger partial charge is 0.349 e. The van der Waals surface area contributed by atoms with Crippen molar-refractivity contribution in [1.82, 2.24) is 4.72 Å². The van der Waals surface area contributed by atoms with Gasteiger partial charge in [-0.1, -0.05) is 0 Å². The molecule has 0 atom stereocenters. The highest BCUT2D eigenvalue weighted by Gasteiger charge is 2.26. The minimum absolute atomic E-state index is 0.0856. The Balaban J connectivity index is 2.87. The molecule has 0 fully saturated rings. The molecule has 0 saturated heterocycles. The topological polar surface area (TPSA) is 98.8 Å². The normalized spacial score (nSPS) is 11.4. The Hall–Kier alpha value is -1.45. The molecule has 112 valence electrons. The first-order valence-corrected chi connectivity index (χ1v) is 7.97. The quantitative estimate of drug-likeness (QED) is 0.777. The van der Waals surface area contributed by atoms with Gasteiger partial charge in [0, 0.05) is 0 Å². The van der Waals surface area contributed by atoms with Gasteiger partial charge in [0.25, 0.3) is 15.9 Å². The van der Waals surface area contributed by atoms with Crippen LogP contribution in [0.3, 0.4) is 0 Å². The summed E-state index contributed by atoms with van der Waals surface area (Å²) in [5, 5.41) is 1.43. The number of carbonyl (C=O) groups excluding carboxylic acids is 2. The number of sulfonamides is 1. The number of methoxy groups -OCH3 is 1. The van der Waals surface area contributed by atoms with Crippen LogP contribution in [0, 0.1) is 0 Å². The van der Waals surface area contributed by atoms with E-state index >= 15 is 0 Å². The summed E-state index contributed by atoms with van der Waals surface area (Å²) in [7, 11) is -2.97. The number of hydrogen-bond acceptors (Lipinski definition) is 7. The largest absolute Gasteiger partial charge is 0.465 e. The second kappa shape index (κ2) is 6.82. The van der Waals surface area contributed by atoms with E-state index < -0.39 is 21.9 Å². The third kappa shape index (κ3) is 4.29. The summed E-state index contributed by atoms with van der Waals surface area (Å²) in [6.45, 7) is 3.06. The van der Waals surface area contributed by atoms with E-state index in [-0.39, 0.29) is 22.5 Å². The van der Waals surface area contributed by atoms with Crippen LogP contribution in [-0.2, 0) is 24.3 Å². The molecule has 7 nitrogen and oxygen atoms in total. The number of thiophene rings is 1. The summed E-state index contributed by atoms with van der Waals surface area (Å²) < 4.78 is 35.3. The van der Waals surface area contributed by atoms with E-state index in [9.17, 15) is 18.0 Å².